The van der Waals surface area contributed by atoms with Gasteiger partial charge in [-0.3, -0.25) is 0 Å². The lowest BCUT2D eigenvalue weighted by Crippen LogP contribution is -2.11. The molecule has 0 spiro atoms. The maximum Gasteiger partial charge on any atom is 0.125 e. The van der Waals surface area contributed by atoms with Crippen molar-refractivity contribution in [3.63, 3.8) is 0 Å². The predicted molar refractivity (Wildman–Crippen MR) is 71.3 cm³/mol. The van der Waals surface area contributed by atoms with Gasteiger partial charge in [-0.1, -0.05) is 26.8 Å². The third-order valence-electron chi connectivity index (χ3n) is 2.39. The quantitative estimate of drug-likeness (QED) is 0.866. The van der Waals surface area contributed by atoms with E-state index in [0.29, 0.717) is 0 Å². The zero-order valence-corrected chi connectivity index (χ0v) is 11.6. The van der Waals surface area contributed by atoms with Crippen molar-refractivity contribution in [3.8, 4) is 5.75 Å². The molecule has 2 nitrogen and oxygen atoms in total. The zero-order valence-electron chi connectivity index (χ0n) is 11.6. The lowest BCUT2D eigenvalue weighted by molar-refractivity contribution is 0.225. The molecule has 0 fully saturated rings. The maximum atomic E-state index is 9.37. The molecule has 17 heavy (non-hydrogen) atoms. The highest BCUT2D eigenvalue weighted by Crippen LogP contribution is 2.26. The fraction of sp³-hybridized carbons (Fsp3) is 0.600. The molecule has 0 unspecified atom stereocenters. The van der Waals surface area contributed by atoms with Crippen LogP contribution >= 0.6 is 0 Å². The molecular weight excluding hydrogens is 212 g/mol. The third-order valence-corrected chi connectivity index (χ3v) is 2.39. The van der Waals surface area contributed by atoms with Crippen molar-refractivity contribution in [1.29, 1.82) is 0 Å². The molecule has 0 saturated carbocycles. The molecule has 0 saturated heterocycles. The number of rotatable bonds is 4. The Morgan fingerprint density at radius 3 is 2.35 bits per heavy atom. The van der Waals surface area contributed by atoms with Crippen LogP contribution in [0.4, 0.5) is 0 Å². The standard InChI is InChI=1S/C15H24O2/c1-11(2)17-14-7-6-12(8-13(14)10-16)9-15(3,4)5/h6-8,11,16H,9-10H2,1-5H3. The van der Waals surface area contributed by atoms with Gasteiger partial charge in [-0.05, 0) is 43.4 Å². The second-order valence-electron chi connectivity index (χ2n) is 6.00. The summed E-state index contributed by atoms with van der Waals surface area (Å²) in [6, 6.07) is 6.09. The zero-order chi connectivity index (χ0) is 13.1. The van der Waals surface area contributed by atoms with Crippen LogP contribution in [0, 0.1) is 5.41 Å². The van der Waals surface area contributed by atoms with E-state index in [0.717, 1.165) is 17.7 Å². The van der Waals surface area contributed by atoms with Crippen LogP contribution in [0.15, 0.2) is 18.2 Å². The van der Waals surface area contributed by atoms with Crippen molar-refractivity contribution < 1.29 is 9.84 Å². The molecule has 1 N–H and O–H groups in total. The molecule has 0 bridgehead atoms. The molecule has 0 atom stereocenters. The lowest BCUT2D eigenvalue weighted by atomic mass is 9.87. The number of aliphatic hydroxyl groups excluding tert-OH is 1. The van der Waals surface area contributed by atoms with Gasteiger partial charge in [0, 0.05) is 5.56 Å². The topological polar surface area (TPSA) is 29.5 Å². The molecule has 0 aliphatic heterocycles. The average molecular weight is 236 g/mol. The van der Waals surface area contributed by atoms with Gasteiger partial charge >= 0.3 is 0 Å². The van der Waals surface area contributed by atoms with E-state index in [1.54, 1.807) is 0 Å². The fourth-order valence-electron chi connectivity index (χ4n) is 1.85. The minimum atomic E-state index is 0.0278. The van der Waals surface area contributed by atoms with Gasteiger partial charge in [-0.2, -0.15) is 0 Å². The first-order chi connectivity index (χ1) is 7.81. The second-order valence-corrected chi connectivity index (χ2v) is 6.00. The normalized spacial score (nSPS) is 11.9. The number of aliphatic hydroxyl groups is 1. The van der Waals surface area contributed by atoms with Crippen molar-refractivity contribution in [2.45, 2.75) is 53.8 Å². The van der Waals surface area contributed by atoms with E-state index in [9.17, 15) is 5.11 Å². The van der Waals surface area contributed by atoms with Gasteiger partial charge in [0.05, 0.1) is 12.7 Å². The second kappa shape index (κ2) is 5.54. The summed E-state index contributed by atoms with van der Waals surface area (Å²) >= 11 is 0. The third kappa shape index (κ3) is 4.78. The van der Waals surface area contributed by atoms with Crippen LogP contribution in [0.3, 0.4) is 0 Å². The first-order valence-electron chi connectivity index (χ1n) is 6.21. The van der Waals surface area contributed by atoms with Crippen LogP contribution in [0.5, 0.6) is 5.75 Å². The van der Waals surface area contributed by atoms with E-state index >= 15 is 0 Å². The van der Waals surface area contributed by atoms with E-state index in [-0.39, 0.29) is 18.1 Å². The summed E-state index contributed by atoms with van der Waals surface area (Å²) in [6.45, 7) is 10.6. The van der Waals surface area contributed by atoms with Gasteiger partial charge in [0.15, 0.2) is 0 Å². The molecule has 1 aromatic carbocycles. The van der Waals surface area contributed by atoms with E-state index in [2.05, 4.69) is 26.8 Å². The average Bonchev–Trinajstić information content (AvgIpc) is 2.17. The predicted octanol–water partition coefficient (Wildman–Crippen LogP) is 3.55. The van der Waals surface area contributed by atoms with Gasteiger partial charge in [0.25, 0.3) is 0 Å². The molecule has 0 heterocycles. The molecular formula is C15H24O2. The molecule has 2 heteroatoms. The molecule has 0 aliphatic carbocycles. The summed E-state index contributed by atoms with van der Waals surface area (Å²) in [4.78, 5) is 0. The Morgan fingerprint density at radius 2 is 1.88 bits per heavy atom. The van der Waals surface area contributed by atoms with Gasteiger partial charge in [-0.15, -0.1) is 0 Å². The van der Waals surface area contributed by atoms with E-state index in [1.165, 1.54) is 5.56 Å². The maximum absolute atomic E-state index is 9.37. The van der Waals surface area contributed by atoms with Crippen LogP contribution in [-0.4, -0.2) is 11.2 Å². The summed E-state index contributed by atoms with van der Waals surface area (Å²) in [5.74, 6) is 0.792. The SMILES string of the molecule is CC(C)Oc1ccc(CC(C)(C)C)cc1CO. The van der Waals surface area contributed by atoms with Crippen molar-refractivity contribution in [1.82, 2.24) is 0 Å². The lowest BCUT2D eigenvalue weighted by Gasteiger charge is -2.20. The summed E-state index contributed by atoms with van der Waals surface area (Å²) in [5, 5.41) is 9.37. The van der Waals surface area contributed by atoms with Crippen LogP contribution < -0.4 is 4.74 Å². The molecule has 0 radical (unpaired) electrons. The van der Waals surface area contributed by atoms with Crippen LogP contribution in [-0.2, 0) is 13.0 Å². The van der Waals surface area contributed by atoms with E-state index in [1.807, 2.05) is 26.0 Å². The first-order valence-corrected chi connectivity index (χ1v) is 6.21. The van der Waals surface area contributed by atoms with Crippen molar-refractivity contribution in [2.75, 3.05) is 0 Å². The van der Waals surface area contributed by atoms with Crippen molar-refractivity contribution in [3.05, 3.63) is 29.3 Å². The number of ether oxygens (including phenoxy) is 1. The van der Waals surface area contributed by atoms with E-state index < -0.39 is 0 Å². The Morgan fingerprint density at radius 1 is 1.24 bits per heavy atom. The summed E-state index contributed by atoms with van der Waals surface area (Å²) in [7, 11) is 0. The molecule has 1 aromatic rings. The molecule has 96 valence electrons. The summed E-state index contributed by atoms with van der Waals surface area (Å²) in [6.07, 6.45) is 1.14. The van der Waals surface area contributed by atoms with Gasteiger partial charge in [0.1, 0.15) is 5.75 Å². The van der Waals surface area contributed by atoms with Gasteiger partial charge in [0.2, 0.25) is 0 Å². The molecule has 1 rings (SSSR count). The summed E-state index contributed by atoms with van der Waals surface area (Å²) in [5.41, 5.74) is 2.38. The van der Waals surface area contributed by atoms with Crippen molar-refractivity contribution >= 4 is 0 Å². The molecule has 0 aromatic heterocycles. The minimum Gasteiger partial charge on any atom is -0.491 e. The highest BCUT2D eigenvalue weighted by Gasteiger charge is 2.13. The van der Waals surface area contributed by atoms with Crippen LogP contribution in [0.1, 0.15) is 45.7 Å². The van der Waals surface area contributed by atoms with E-state index in [4.69, 9.17) is 4.74 Å². The summed E-state index contributed by atoms with van der Waals surface area (Å²) < 4.78 is 5.66. The smallest absolute Gasteiger partial charge is 0.125 e. The highest BCUT2D eigenvalue weighted by molar-refractivity contribution is 5.37. The Balaban J connectivity index is 2.92. The van der Waals surface area contributed by atoms with Gasteiger partial charge in [-0.25, -0.2) is 0 Å². The van der Waals surface area contributed by atoms with Crippen LogP contribution in [0.25, 0.3) is 0 Å². The number of hydrogen-bond acceptors (Lipinski definition) is 2. The Labute approximate surface area is 105 Å². The van der Waals surface area contributed by atoms with Crippen molar-refractivity contribution in [2.24, 2.45) is 5.41 Å². The molecule has 0 amide bonds. The number of benzene rings is 1. The van der Waals surface area contributed by atoms with Gasteiger partial charge < -0.3 is 9.84 Å². The Hall–Kier alpha value is -1.02. The van der Waals surface area contributed by atoms with Crippen LogP contribution in [0.2, 0.25) is 0 Å². The minimum absolute atomic E-state index is 0.0278. The Kier molecular flexibility index (Phi) is 4.58. The monoisotopic (exact) mass is 236 g/mol. The first kappa shape index (κ1) is 14.0. The molecule has 0 aliphatic rings. The fourth-order valence-corrected chi connectivity index (χ4v) is 1.85. The Bertz CT molecular complexity index is 362. The highest BCUT2D eigenvalue weighted by atomic mass is 16.5. The largest absolute Gasteiger partial charge is 0.491 e. The number of hydrogen-bond donors (Lipinski definition) is 1.